The Hall–Kier alpha value is -2.37. The minimum absolute atomic E-state index is 0.269. The van der Waals surface area contributed by atoms with Crippen LogP contribution in [-0.2, 0) is 13.0 Å². The molecular weight excluding hydrogens is 326 g/mol. The van der Waals surface area contributed by atoms with E-state index in [-0.39, 0.29) is 5.92 Å². The van der Waals surface area contributed by atoms with E-state index in [1.807, 2.05) is 19.0 Å². The Balaban J connectivity index is 1.84. The monoisotopic (exact) mass is 355 g/mol. The molecule has 0 bridgehead atoms. The fourth-order valence-electron chi connectivity index (χ4n) is 2.98. The SMILES string of the molecule is CCCOc1ccc2c(c1)CCN(c1nc(C(C)C)nc(N(C)C)n1)C2. The third-order valence-electron chi connectivity index (χ3n) is 4.49. The van der Waals surface area contributed by atoms with Crippen LogP contribution in [0.25, 0.3) is 0 Å². The predicted molar refractivity (Wildman–Crippen MR) is 105 cm³/mol. The largest absolute Gasteiger partial charge is 0.494 e. The van der Waals surface area contributed by atoms with Gasteiger partial charge in [-0.15, -0.1) is 0 Å². The van der Waals surface area contributed by atoms with Gasteiger partial charge in [-0.2, -0.15) is 15.0 Å². The lowest BCUT2D eigenvalue weighted by atomic mass is 10.00. The zero-order valence-electron chi connectivity index (χ0n) is 16.5. The molecule has 26 heavy (non-hydrogen) atoms. The normalized spacial score (nSPS) is 13.7. The van der Waals surface area contributed by atoms with Crippen LogP contribution in [-0.4, -0.2) is 42.2 Å². The van der Waals surface area contributed by atoms with Gasteiger partial charge in [0, 0.05) is 33.1 Å². The summed E-state index contributed by atoms with van der Waals surface area (Å²) in [5.41, 5.74) is 2.68. The third kappa shape index (κ3) is 4.06. The summed E-state index contributed by atoms with van der Waals surface area (Å²) in [6.07, 6.45) is 2.00. The Labute approximate surface area is 156 Å². The second-order valence-electron chi connectivity index (χ2n) is 7.29. The molecule has 2 heterocycles. The van der Waals surface area contributed by atoms with Gasteiger partial charge in [0.25, 0.3) is 0 Å². The van der Waals surface area contributed by atoms with Crippen molar-refractivity contribution in [2.75, 3.05) is 37.0 Å². The minimum atomic E-state index is 0.269. The van der Waals surface area contributed by atoms with Gasteiger partial charge in [-0.3, -0.25) is 0 Å². The number of hydrogen-bond acceptors (Lipinski definition) is 6. The van der Waals surface area contributed by atoms with Crippen LogP contribution in [0.1, 0.15) is 50.1 Å². The van der Waals surface area contributed by atoms with Crippen LogP contribution in [0.4, 0.5) is 11.9 Å². The highest BCUT2D eigenvalue weighted by Gasteiger charge is 2.21. The van der Waals surface area contributed by atoms with Gasteiger partial charge < -0.3 is 14.5 Å². The molecule has 1 aromatic carbocycles. The lowest BCUT2D eigenvalue weighted by Gasteiger charge is -2.30. The van der Waals surface area contributed by atoms with Gasteiger partial charge in [0.1, 0.15) is 11.6 Å². The van der Waals surface area contributed by atoms with Gasteiger partial charge in [-0.05, 0) is 36.1 Å². The van der Waals surface area contributed by atoms with E-state index < -0.39 is 0 Å². The van der Waals surface area contributed by atoms with Gasteiger partial charge in [0.05, 0.1) is 6.61 Å². The number of hydrogen-bond donors (Lipinski definition) is 0. The first-order chi connectivity index (χ1) is 12.5. The molecule has 0 unspecified atom stereocenters. The molecule has 1 aliphatic heterocycles. The second-order valence-corrected chi connectivity index (χ2v) is 7.29. The van der Waals surface area contributed by atoms with Gasteiger partial charge >= 0.3 is 0 Å². The highest BCUT2D eigenvalue weighted by Crippen LogP contribution is 2.27. The van der Waals surface area contributed by atoms with Crippen molar-refractivity contribution in [1.29, 1.82) is 0 Å². The number of benzene rings is 1. The van der Waals surface area contributed by atoms with E-state index in [0.717, 1.165) is 50.1 Å². The van der Waals surface area contributed by atoms with Crippen LogP contribution in [0.2, 0.25) is 0 Å². The smallest absolute Gasteiger partial charge is 0.230 e. The average molecular weight is 355 g/mol. The number of rotatable bonds is 6. The van der Waals surface area contributed by atoms with Crippen molar-refractivity contribution in [3.05, 3.63) is 35.2 Å². The van der Waals surface area contributed by atoms with E-state index in [1.165, 1.54) is 11.1 Å². The fraction of sp³-hybridized carbons (Fsp3) is 0.550. The average Bonchev–Trinajstić information content (AvgIpc) is 2.65. The van der Waals surface area contributed by atoms with Crippen LogP contribution in [0.3, 0.4) is 0 Å². The van der Waals surface area contributed by atoms with E-state index in [1.54, 1.807) is 0 Å². The third-order valence-corrected chi connectivity index (χ3v) is 4.49. The van der Waals surface area contributed by atoms with Crippen molar-refractivity contribution in [2.24, 2.45) is 0 Å². The number of anilines is 2. The molecule has 1 aliphatic rings. The quantitative estimate of drug-likeness (QED) is 0.791. The standard InChI is InChI=1S/C20H29N5O/c1-6-11-26-17-8-7-16-13-25(10-9-15(16)12-17)20-22-18(14(2)3)21-19(23-20)24(4)5/h7-8,12,14H,6,9-11,13H2,1-5H3. The van der Waals surface area contributed by atoms with Gasteiger partial charge in [-0.25, -0.2) is 0 Å². The molecule has 0 fully saturated rings. The zero-order chi connectivity index (χ0) is 18.7. The van der Waals surface area contributed by atoms with Crippen LogP contribution < -0.4 is 14.5 Å². The first-order valence-corrected chi connectivity index (χ1v) is 9.40. The topological polar surface area (TPSA) is 54.4 Å². The van der Waals surface area contributed by atoms with Gasteiger partial charge in [0.15, 0.2) is 0 Å². The van der Waals surface area contributed by atoms with E-state index in [9.17, 15) is 0 Å². The lowest BCUT2D eigenvalue weighted by Crippen LogP contribution is -2.32. The molecule has 0 N–H and O–H groups in total. The summed E-state index contributed by atoms with van der Waals surface area (Å²) in [6.45, 7) is 8.83. The summed E-state index contributed by atoms with van der Waals surface area (Å²) in [5.74, 6) is 3.56. The second kappa shape index (κ2) is 7.89. The van der Waals surface area contributed by atoms with Crippen LogP contribution in [0.5, 0.6) is 5.75 Å². The van der Waals surface area contributed by atoms with E-state index >= 15 is 0 Å². The molecule has 0 radical (unpaired) electrons. The van der Waals surface area contributed by atoms with Gasteiger partial charge in [0.2, 0.25) is 11.9 Å². The predicted octanol–water partition coefficient (Wildman–Crippen LogP) is 3.41. The van der Waals surface area contributed by atoms with Gasteiger partial charge in [-0.1, -0.05) is 26.8 Å². The summed E-state index contributed by atoms with van der Waals surface area (Å²) in [6, 6.07) is 6.42. The van der Waals surface area contributed by atoms with E-state index in [2.05, 4.69) is 53.8 Å². The van der Waals surface area contributed by atoms with E-state index in [4.69, 9.17) is 9.72 Å². The molecule has 0 atom stereocenters. The fourth-order valence-corrected chi connectivity index (χ4v) is 2.98. The Kier molecular flexibility index (Phi) is 5.59. The molecular formula is C20H29N5O. The molecule has 0 spiro atoms. The van der Waals surface area contributed by atoms with Crippen molar-refractivity contribution < 1.29 is 4.74 Å². The zero-order valence-corrected chi connectivity index (χ0v) is 16.5. The summed E-state index contributed by atoms with van der Waals surface area (Å²) in [5, 5.41) is 0. The number of ether oxygens (including phenoxy) is 1. The van der Waals surface area contributed by atoms with E-state index in [0.29, 0.717) is 5.95 Å². The highest BCUT2D eigenvalue weighted by atomic mass is 16.5. The minimum Gasteiger partial charge on any atom is -0.494 e. The molecule has 0 amide bonds. The Morgan fingerprint density at radius 2 is 1.96 bits per heavy atom. The highest BCUT2D eigenvalue weighted by molar-refractivity contribution is 5.45. The maximum absolute atomic E-state index is 5.76. The molecule has 6 nitrogen and oxygen atoms in total. The molecule has 0 saturated heterocycles. The van der Waals surface area contributed by atoms with Crippen LogP contribution in [0, 0.1) is 0 Å². The van der Waals surface area contributed by atoms with Crippen molar-refractivity contribution >= 4 is 11.9 Å². The number of nitrogens with zero attached hydrogens (tertiary/aromatic N) is 5. The summed E-state index contributed by atoms with van der Waals surface area (Å²) >= 11 is 0. The number of fused-ring (bicyclic) bond motifs is 1. The molecule has 3 rings (SSSR count). The van der Waals surface area contributed by atoms with Crippen LogP contribution in [0.15, 0.2) is 18.2 Å². The molecule has 6 heteroatoms. The molecule has 0 aliphatic carbocycles. The maximum Gasteiger partial charge on any atom is 0.230 e. The van der Waals surface area contributed by atoms with Crippen LogP contribution >= 0.6 is 0 Å². The first kappa shape index (κ1) is 18.4. The maximum atomic E-state index is 5.76. The molecule has 0 saturated carbocycles. The molecule has 1 aromatic heterocycles. The molecule has 140 valence electrons. The summed E-state index contributed by atoms with van der Waals surface area (Å²) in [7, 11) is 3.93. The van der Waals surface area contributed by atoms with Crippen molar-refractivity contribution in [1.82, 2.24) is 15.0 Å². The van der Waals surface area contributed by atoms with Crippen molar-refractivity contribution in [3.8, 4) is 5.75 Å². The lowest BCUT2D eigenvalue weighted by molar-refractivity contribution is 0.317. The summed E-state index contributed by atoms with van der Waals surface area (Å²) < 4.78 is 5.76. The Morgan fingerprint density at radius 1 is 1.15 bits per heavy atom. The summed E-state index contributed by atoms with van der Waals surface area (Å²) in [4.78, 5) is 18.2. The first-order valence-electron chi connectivity index (χ1n) is 9.40. The van der Waals surface area contributed by atoms with Crippen molar-refractivity contribution in [2.45, 2.75) is 46.1 Å². The Morgan fingerprint density at radius 3 is 2.65 bits per heavy atom. The van der Waals surface area contributed by atoms with Crippen molar-refractivity contribution in [3.63, 3.8) is 0 Å². The number of aromatic nitrogens is 3. The molecule has 2 aromatic rings. The Bertz CT molecular complexity index is 734.